The SMILES string of the molecule is COc1ccc(NC[C@H](C)NC(=O)[C@H](CC2CCCCC2)NC(=O)c2ccc(-c3cccc(F)c3)o2)cc1. The van der Waals surface area contributed by atoms with E-state index in [9.17, 15) is 14.0 Å². The fourth-order valence-electron chi connectivity index (χ4n) is 4.85. The number of ether oxygens (including phenoxy) is 1. The third kappa shape index (κ3) is 7.60. The minimum Gasteiger partial charge on any atom is -0.497 e. The van der Waals surface area contributed by atoms with E-state index in [0.29, 0.717) is 30.2 Å². The van der Waals surface area contributed by atoms with Gasteiger partial charge in [0.2, 0.25) is 5.91 Å². The van der Waals surface area contributed by atoms with Gasteiger partial charge in [0.15, 0.2) is 5.76 Å². The first-order valence-electron chi connectivity index (χ1n) is 13.3. The van der Waals surface area contributed by atoms with E-state index in [4.69, 9.17) is 9.15 Å². The van der Waals surface area contributed by atoms with E-state index in [2.05, 4.69) is 16.0 Å². The molecular formula is C30H36FN3O4. The molecule has 38 heavy (non-hydrogen) atoms. The van der Waals surface area contributed by atoms with Crippen LogP contribution in [-0.2, 0) is 4.79 Å². The summed E-state index contributed by atoms with van der Waals surface area (Å²) >= 11 is 0. The highest BCUT2D eigenvalue weighted by Gasteiger charge is 2.28. The summed E-state index contributed by atoms with van der Waals surface area (Å²) in [6.07, 6.45) is 6.18. The summed E-state index contributed by atoms with van der Waals surface area (Å²) in [7, 11) is 1.62. The van der Waals surface area contributed by atoms with E-state index in [1.165, 1.54) is 18.6 Å². The molecule has 7 nitrogen and oxygen atoms in total. The number of anilines is 1. The summed E-state index contributed by atoms with van der Waals surface area (Å²) in [5.74, 6) is 0.563. The lowest BCUT2D eigenvalue weighted by Gasteiger charge is -2.27. The maximum absolute atomic E-state index is 13.6. The van der Waals surface area contributed by atoms with Crippen molar-refractivity contribution in [3.63, 3.8) is 0 Å². The van der Waals surface area contributed by atoms with E-state index >= 15 is 0 Å². The van der Waals surface area contributed by atoms with Crippen LogP contribution in [0.3, 0.4) is 0 Å². The first-order chi connectivity index (χ1) is 18.4. The molecule has 1 fully saturated rings. The van der Waals surface area contributed by atoms with Crippen LogP contribution in [0.4, 0.5) is 10.1 Å². The van der Waals surface area contributed by atoms with Gasteiger partial charge in [0, 0.05) is 23.8 Å². The van der Waals surface area contributed by atoms with Gasteiger partial charge in [-0.25, -0.2) is 4.39 Å². The predicted octanol–water partition coefficient (Wildman–Crippen LogP) is 5.78. The Balaban J connectivity index is 1.38. The zero-order valence-electron chi connectivity index (χ0n) is 22.0. The smallest absolute Gasteiger partial charge is 0.287 e. The number of methoxy groups -OCH3 is 1. The Labute approximate surface area is 223 Å². The molecular weight excluding hydrogens is 485 g/mol. The normalized spacial score (nSPS) is 15.3. The van der Waals surface area contributed by atoms with Gasteiger partial charge < -0.3 is 25.1 Å². The van der Waals surface area contributed by atoms with Crippen molar-refractivity contribution >= 4 is 17.5 Å². The predicted molar refractivity (Wildman–Crippen MR) is 146 cm³/mol. The van der Waals surface area contributed by atoms with Crippen molar-refractivity contribution in [1.29, 1.82) is 0 Å². The van der Waals surface area contributed by atoms with Gasteiger partial charge in [-0.2, -0.15) is 0 Å². The molecule has 0 bridgehead atoms. The zero-order valence-corrected chi connectivity index (χ0v) is 22.0. The second-order valence-electron chi connectivity index (χ2n) is 9.96. The third-order valence-electron chi connectivity index (χ3n) is 6.95. The lowest BCUT2D eigenvalue weighted by Crippen LogP contribution is -2.51. The number of hydrogen-bond donors (Lipinski definition) is 3. The molecule has 202 valence electrons. The maximum Gasteiger partial charge on any atom is 0.287 e. The number of carbonyl (C=O) groups is 2. The first kappa shape index (κ1) is 27.2. The summed E-state index contributed by atoms with van der Waals surface area (Å²) in [4.78, 5) is 26.4. The molecule has 1 aliphatic carbocycles. The van der Waals surface area contributed by atoms with Crippen molar-refractivity contribution in [1.82, 2.24) is 10.6 Å². The molecule has 0 aliphatic heterocycles. The van der Waals surface area contributed by atoms with E-state index in [1.807, 2.05) is 31.2 Å². The topological polar surface area (TPSA) is 92.6 Å². The van der Waals surface area contributed by atoms with Crippen LogP contribution in [0.1, 0.15) is 56.0 Å². The lowest BCUT2D eigenvalue weighted by molar-refractivity contribution is -0.124. The molecule has 8 heteroatoms. The van der Waals surface area contributed by atoms with Crippen molar-refractivity contribution in [2.45, 2.75) is 57.5 Å². The second-order valence-corrected chi connectivity index (χ2v) is 9.96. The Bertz CT molecular complexity index is 1200. The molecule has 1 saturated carbocycles. The molecule has 1 heterocycles. The molecule has 0 unspecified atom stereocenters. The van der Waals surface area contributed by atoms with Gasteiger partial charge in [-0.05, 0) is 67.8 Å². The van der Waals surface area contributed by atoms with Crippen LogP contribution in [0, 0.1) is 11.7 Å². The molecule has 2 amide bonds. The number of benzene rings is 2. The fourth-order valence-corrected chi connectivity index (χ4v) is 4.85. The molecule has 2 atom stereocenters. The number of furan rings is 1. The van der Waals surface area contributed by atoms with Crippen LogP contribution < -0.4 is 20.7 Å². The molecule has 0 spiro atoms. The minimum absolute atomic E-state index is 0.0833. The standard InChI is InChI=1S/C30H36FN3O4/c1-20(19-32-24-11-13-25(37-2)14-12-24)33-29(35)26(17-21-7-4-3-5-8-21)34-30(36)28-16-15-27(38-28)22-9-6-10-23(31)18-22/h6,9-16,18,20-21,26,32H,3-5,7-8,17,19H2,1-2H3,(H,33,35)(H,34,36)/t20-,26-/m0/s1. The zero-order chi connectivity index (χ0) is 26.9. The molecule has 3 N–H and O–H groups in total. The van der Waals surface area contributed by atoms with Crippen LogP contribution in [-0.4, -0.2) is 37.6 Å². The summed E-state index contributed by atoms with van der Waals surface area (Å²) < 4.78 is 24.5. The Morgan fingerprint density at radius 2 is 1.79 bits per heavy atom. The van der Waals surface area contributed by atoms with Gasteiger partial charge in [-0.3, -0.25) is 9.59 Å². The monoisotopic (exact) mass is 521 g/mol. The Morgan fingerprint density at radius 3 is 2.50 bits per heavy atom. The number of rotatable bonds is 11. The van der Waals surface area contributed by atoms with Crippen molar-refractivity contribution in [3.8, 4) is 17.1 Å². The molecule has 0 radical (unpaired) electrons. The van der Waals surface area contributed by atoms with Gasteiger partial charge in [0.05, 0.1) is 7.11 Å². The highest BCUT2D eigenvalue weighted by Crippen LogP contribution is 2.28. The number of nitrogens with one attached hydrogen (secondary N) is 3. The van der Waals surface area contributed by atoms with Crippen molar-refractivity contribution in [3.05, 3.63) is 72.2 Å². The van der Waals surface area contributed by atoms with E-state index < -0.39 is 11.9 Å². The summed E-state index contributed by atoms with van der Waals surface area (Å²) in [5, 5.41) is 9.25. The van der Waals surface area contributed by atoms with E-state index in [1.54, 1.807) is 31.4 Å². The average molecular weight is 522 g/mol. The van der Waals surface area contributed by atoms with Gasteiger partial charge >= 0.3 is 0 Å². The third-order valence-corrected chi connectivity index (χ3v) is 6.95. The van der Waals surface area contributed by atoms with Crippen LogP contribution in [0.25, 0.3) is 11.3 Å². The van der Waals surface area contributed by atoms with Gasteiger partial charge in [0.25, 0.3) is 5.91 Å². The molecule has 1 aromatic heterocycles. The van der Waals surface area contributed by atoms with Crippen molar-refractivity contribution < 1.29 is 23.1 Å². The molecule has 4 rings (SSSR count). The van der Waals surface area contributed by atoms with Crippen LogP contribution in [0.15, 0.2) is 65.1 Å². The summed E-state index contributed by atoms with van der Waals surface area (Å²) in [6, 6.07) is 15.9. The number of amides is 2. The van der Waals surface area contributed by atoms with Crippen LogP contribution in [0.5, 0.6) is 5.75 Å². The van der Waals surface area contributed by atoms with Crippen LogP contribution in [0.2, 0.25) is 0 Å². The number of hydrogen-bond acceptors (Lipinski definition) is 5. The Kier molecular flexibility index (Phi) is 9.40. The van der Waals surface area contributed by atoms with Gasteiger partial charge in [0.1, 0.15) is 23.4 Å². The fraction of sp³-hybridized carbons (Fsp3) is 0.400. The quantitative estimate of drug-likeness (QED) is 0.298. The van der Waals surface area contributed by atoms with Crippen LogP contribution >= 0.6 is 0 Å². The molecule has 3 aromatic rings. The average Bonchev–Trinajstić information content (AvgIpc) is 3.43. The van der Waals surface area contributed by atoms with Crippen molar-refractivity contribution in [2.24, 2.45) is 5.92 Å². The second kappa shape index (κ2) is 13.1. The van der Waals surface area contributed by atoms with Gasteiger partial charge in [-0.1, -0.05) is 44.2 Å². The first-order valence-corrected chi connectivity index (χ1v) is 13.3. The highest BCUT2D eigenvalue weighted by atomic mass is 19.1. The summed E-state index contributed by atoms with van der Waals surface area (Å²) in [6.45, 7) is 2.45. The number of halogens is 1. The number of carbonyl (C=O) groups excluding carboxylic acids is 2. The van der Waals surface area contributed by atoms with Gasteiger partial charge in [-0.15, -0.1) is 0 Å². The Hall–Kier alpha value is -3.81. The molecule has 0 saturated heterocycles. The minimum atomic E-state index is -0.684. The molecule has 2 aromatic carbocycles. The van der Waals surface area contributed by atoms with E-state index in [-0.39, 0.29) is 23.5 Å². The Morgan fingerprint density at radius 1 is 1.03 bits per heavy atom. The molecule has 1 aliphatic rings. The van der Waals surface area contributed by atoms with E-state index in [0.717, 1.165) is 37.1 Å². The summed E-state index contributed by atoms with van der Waals surface area (Å²) in [5.41, 5.74) is 1.46. The highest BCUT2D eigenvalue weighted by molar-refractivity contribution is 5.96. The lowest BCUT2D eigenvalue weighted by atomic mass is 9.84. The van der Waals surface area contributed by atoms with Crippen molar-refractivity contribution in [2.75, 3.05) is 19.0 Å². The largest absolute Gasteiger partial charge is 0.497 e. The maximum atomic E-state index is 13.6.